The van der Waals surface area contributed by atoms with Crippen LogP contribution < -0.4 is 19.9 Å². The molecule has 0 saturated heterocycles. The molecule has 2 aromatic rings. The van der Waals surface area contributed by atoms with Gasteiger partial charge in [-0.15, -0.1) is 0 Å². The molecule has 2 aromatic carbocycles. The zero-order chi connectivity index (χ0) is 27.3. The Kier molecular flexibility index (Phi) is 9.13. The number of carbonyl (C=O) groups excluding carboxylic acids is 2. The van der Waals surface area contributed by atoms with Crippen LogP contribution in [-0.2, 0) is 16.0 Å². The maximum absolute atomic E-state index is 11.5. The summed E-state index contributed by atoms with van der Waals surface area (Å²) in [5.74, 6) is 1.99. The fraction of sp³-hybridized carbons (Fsp3) is 0.400. The van der Waals surface area contributed by atoms with E-state index in [2.05, 4.69) is 47.6 Å². The molecule has 198 valence electrons. The lowest BCUT2D eigenvalue weighted by Gasteiger charge is -2.38. The lowest BCUT2D eigenvalue weighted by molar-refractivity contribution is -0.113. The van der Waals surface area contributed by atoms with Crippen LogP contribution in [0.2, 0.25) is 0 Å². The predicted molar refractivity (Wildman–Crippen MR) is 151 cm³/mol. The summed E-state index contributed by atoms with van der Waals surface area (Å²) < 4.78 is 19.0. The molecule has 7 heteroatoms. The standard InChI is InChI=1S/C30H37NO5S/c1-18(2)11-13-34-27-20(4)21(5)28-24(22(27)6)10-12-30(7,36-28)16-35-25-9-8-23(14-19(25)3)15-26(29(31)33)37-17-32/h8-9,11,14-15,17H,10,12-13,16H2,1-7H3,(H2,31,33)/b26-15-. The molecule has 2 N–H and O–H groups in total. The highest BCUT2D eigenvalue weighted by atomic mass is 32.2. The van der Waals surface area contributed by atoms with Crippen molar-refractivity contribution in [3.63, 3.8) is 0 Å². The van der Waals surface area contributed by atoms with Gasteiger partial charge in [-0.25, -0.2) is 0 Å². The molecule has 0 aliphatic carbocycles. The van der Waals surface area contributed by atoms with E-state index in [0.717, 1.165) is 69.7 Å². The first-order valence-corrected chi connectivity index (χ1v) is 13.3. The van der Waals surface area contributed by atoms with Crippen molar-refractivity contribution in [1.29, 1.82) is 0 Å². The fourth-order valence-corrected chi connectivity index (χ4v) is 4.84. The molecule has 0 radical (unpaired) electrons. The van der Waals surface area contributed by atoms with Crippen LogP contribution in [0.4, 0.5) is 0 Å². The van der Waals surface area contributed by atoms with Crippen molar-refractivity contribution in [3.05, 3.63) is 68.1 Å². The van der Waals surface area contributed by atoms with Crippen LogP contribution in [0, 0.1) is 27.7 Å². The van der Waals surface area contributed by atoms with Gasteiger partial charge in [0.25, 0.3) is 5.91 Å². The molecule has 0 spiro atoms. The molecule has 1 heterocycles. The summed E-state index contributed by atoms with van der Waals surface area (Å²) in [5, 5.41) is 0. The van der Waals surface area contributed by atoms with Crippen LogP contribution >= 0.6 is 11.8 Å². The number of hydrogen-bond acceptors (Lipinski definition) is 6. The second kappa shape index (κ2) is 11.9. The number of amides is 1. The van der Waals surface area contributed by atoms with Gasteiger partial charge in [0.15, 0.2) is 5.62 Å². The Morgan fingerprint density at radius 1 is 1.14 bits per heavy atom. The average Bonchev–Trinajstić information content (AvgIpc) is 2.83. The maximum Gasteiger partial charge on any atom is 0.255 e. The Morgan fingerprint density at radius 2 is 1.86 bits per heavy atom. The number of rotatable bonds is 10. The highest BCUT2D eigenvalue weighted by Crippen LogP contribution is 2.44. The van der Waals surface area contributed by atoms with Crippen molar-refractivity contribution >= 4 is 29.4 Å². The quantitative estimate of drug-likeness (QED) is 0.227. The normalized spacial score (nSPS) is 16.9. The van der Waals surface area contributed by atoms with Crippen LogP contribution in [0.15, 0.2) is 34.8 Å². The molecule has 3 rings (SSSR count). The van der Waals surface area contributed by atoms with Gasteiger partial charge in [0.05, 0.1) is 4.91 Å². The average molecular weight is 524 g/mol. The zero-order valence-electron chi connectivity index (χ0n) is 22.8. The van der Waals surface area contributed by atoms with Crippen LogP contribution in [0.25, 0.3) is 6.08 Å². The van der Waals surface area contributed by atoms with Gasteiger partial charge in [-0.1, -0.05) is 11.6 Å². The Bertz CT molecular complexity index is 1260. The number of benzene rings is 2. The molecule has 1 amide bonds. The topological polar surface area (TPSA) is 87.9 Å². The van der Waals surface area contributed by atoms with E-state index >= 15 is 0 Å². The van der Waals surface area contributed by atoms with Gasteiger partial charge in [0.2, 0.25) is 0 Å². The number of thioether (sulfide) groups is 1. The van der Waals surface area contributed by atoms with Crippen LogP contribution in [-0.4, -0.2) is 30.3 Å². The summed E-state index contributed by atoms with van der Waals surface area (Å²) >= 11 is 0.769. The fourth-order valence-electron chi connectivity index (χ4n) is 4.41. The number of allylic oxidation sites excluding steroid dienone is 1. The van der Waals surface area contributed by atoms with E-state index in [9.17, 15) is 9.59 Å². The smallest absolute Gasteiger partial charge is 0.255 e. The number of nitrogens with two attached hydrogens (primary N) is 1. The van der Waals surface area contributed by atoms with Gasteiger partial charge in [-0.05, 0) is 125 Å². The van der Waals surface area contributed by atoms with E-state index in [1.54, 1.807) is 6.08 Å². The highest BCUT2D eigenvalue weighted by Gasteiger charge is 2.35. The molecule has 6 nitrogen and oxygen atoms in total. The minimum atomic E-state index is -0.634. The summed E-state index contributed by atoms with van der Waals surface area (Å²) in [6.07, 6.45) is 5.39. The van der Waals surface area contributed by atoms with Crippen LogP contribution in [0.3, 0.4) is 0 Å². The largest absolute Gasteiger partial charge is 0.489 e. The molecule has 0 aromatic heterocycles. The Balaban J connectivity index is 1.76. The van der Waals surface area contributed by atoms with E-state index in [4.69, 9.17) is 19.9 Å². The van der Waals surface area contributed by atoms with Gasteiger partial charge in [-0.2, -0.15) is 0 Å². The molecule has 1 aliphatic heterocycles. The van der Waals surface area contributed by atoms with Crippen LogP contribution in [0.5, 0.6) is 17.2 Å². The van der Waals surface area contributed by atoms with Crippen molar-refractivity contribution in [3.8, 4) is 17.2 Å². The summed E-state index contributed by atoms with van der Waals surface area (Å²) in [6, 6.07) is 5.60. The minimum absolute atomic E-state index is 0.191. The van der Waals surface area contributed by atoms with E-state index in [-0.39, 0.29) is 4.91 Å². The van der Waals surface area contributed by atoms with E-state index in [1.165, 1.54) is 11.1 Å². The number of primary amides is 1. The summed E-state index contributed by atoms with van der Waals surface area (Å²) in [4.78, 5) is 22.5. The summed E-state index contributed by atoms with van der Waals surface area (Å²) in [6.45, 7) is 15.4. The summed E-state index contributed by atoms with van der Waals surface area (Å²) in [5.41, 5.74) is 12.9. The highest BCUT2D eigenvalue weighted by molar-refractivity contribution is 8.16. The van der Waals surface area contributed by atoms with Crippen molar-refractivity contribution in [2.75, 3.05) is 13.2 Å². The number of aryl methyl sites for hydroxylation is 1. The lowest BCUT2D eigenvalue weighted by Crippen LogP contribution is -2.42. The number of hydrogen-bond donors (Lipinski definition) is 1. The van der Waals surface area contributed by atoms with Crippen molar-refractivity contribution in [2.45, 2.75) is 66.9 Å². The van der Waals surface area contributed by atoms with E-state index in [0.29, 0.717) is 18.8 Å². The second-order valence-electron chi connectivity index (χ2n) is 10.1. The molecule has 1 aliphatic rings. The third-order valence-corrected chi connectivity index (χ3v) is 7.40. The van der Waals surface area contributed by atoms with Gasteiger partial charge in [0, 0.05) is 5.56 Å². The Morgan fingerprint density at radius 3 is 2.49 bits per heavy atom. The first-order valence-electron chi connectivity index (χ1n) is 12.4. The second-order valence-corrected chi connectivity index (χ2v) is 10.9. The maximum atomic E-state index is 11.5. The Labute approximate surface area is 224 Å². The van der Waals surface area contributed by atoms with E-state index < -0.39 is 11.5 Å². The number of carbonyl (C=O) groups is 2. The Hall–Kier alpha value is -3.19. The minimum Gasteiger partial charge on any atom is -0.489 e. The molecule has 37 heavy (non-hydrogen) atoms. The molecule has 0 saturated carbocycles. The van der Waals surface area contributed by atoms with Crippen molar-refractivity contribution in [1.82, 2.24) is 0 Å². The first-order chi connectivity index (χ1) is 17.5. The molecule has 0 bridgehead atoms. The van der Waals surface area contributed by atoms with Gasteiger partial charge >= 0.3 is 0 Å². The molecular weight excluding hydrogens is 486 g/mol. The zero-order valence-corrected chi connectivity index (χ0v) is 23.6. The van der Waals surface area contributed by atoms with E-state index in [1.807, 2.05) is 25.1 Å². The van der Waals surface area contributed by atoms with Crippen molar-refractivity contribution in [2.24, 2.45) is 5.73 Å². The van der Waals surface area contributed by atoms with Gasteiger partial charge in [-0.3, -0.25) is 9.59 Å². The van der Waals surface area contributed by atoms with Crippen LogP contribution in [0.1, 0.15) is 60.6 Å². The summed E-state index contributed by atoms with van der Waals surface area (Å²) in [7, 11) is 0. The van der Waals surface area contributed by atoms with Gasteiger partial charge < -0.3 is 19.9 Å². The number of ether oxygens (including phenoxy) is 3. The third kappa shape index (κ3) is 6.77. The lowest BCUT2D eigenvalue weighted by atomic mass is 9.87. The molecule has 1 atom stereocenters. The molecular formula is C30H37NO5S. The van der Waals surface area contributed by atoms with Gasteiger partial charge in [0.1, 0.15) is 36.1 Å². The third-order valence-electron chi connectivity index (χ3n) is 6.73. The monoisotopic (exact) mass is 523 g/mol. The SMILES string of the molecule is CC(C)=CCOc1c(C)c(C)c2c(c1C)CCC(C)(COc1ccc(/C=C(\SC=O)C(N)=O)cc1C)O2. The predicted octanol–water partition coefficient (Wildman–Crippen LogP) is 6.18. The molecule has 1 unspecified atom stereocenters. The molecule has 0 fully saturated rings. The first kappa shape index (κ1) is 28.4. The number of fused-ring (bicyclic) bond motifs is 1. The van der Waals surface area contributed by atoms with Crippen molar-refractivity contribution < 1.29 is 23.8 Å².